The van der Waals surface area contributed by atoms with Crippen molar-refractivity contribution in [3.05, 3.63) is 83.7 Å². The summed E-state index contributed by atoms with van der Waals surface area (Å²) in [6, 6.07) is 17.5. The van der Waals surface area contributed by atoms with Crippen LogP contribution in [0.5, 0.6) is 5.75 Å². The summed E-state index contributed by atoms with van der Waals surface area (Å²) in [5, 5.41) is 7.55. The molecule has 40 heavy (non-hydrogen) atoms. The van der Waals surface area contributed by atoms with Gasteiger partial charge in [0.15, 0.2) is 5.65 Å². The summed E-state index contributed by atoms with van der Waals surface area (Å²) in [7, 11) is -2.26. The van der Waals surface area contributed by atoms with Gasteiger partial charge in [-0.15, -0.1) is 0 Å². The lowest BCUT2D eigenvalue weighted by Gasteiger charge is -2.32. The van der Waals surface area contributed by atoms with Gasteiger partial charge in [-0.1, -0.05) is 42.5 Å². The first kappa shape index (κ1) is 27.1. The molecule has 0 unspecified atom stereocenters. The summed E-state index contributed by atoms with van der Waals surface area (Å²) in [4.78, 5) is 32.8. The van der Waals surface area contributed by atoms with Crippen LogP contribution < -0.4 is 14.8 Å². The van der Waals surface area contributed by atoms with Gasteiger partial charge in [0.1, 0.15) is 22.7 Å². The molecular weight excluding hydrogens is 532 g/mol. The Morgan fingerprint density at radius 2 is 1.70 bits per heavy atom. The molecular formula is C28H30N6O5S. The quantitative estimate of drug-likeness (QED) is 0.333. The number of amides is 2. The summed E-state index contributed by atoms with van der Waals surface area (Å²) in [5.74, 6) is -0.145. The minimum atomic E-state index is -3.80. The molecule has 0 radical (unpaired) electrons. The van der Waals surface area contributed by atoms with Crippen molar-refractivity contribution in [3.63, 3.8) is 0 Å². The normalized spacial score (nSPS) is 14.2. The number of rotatable bonds is 8. The maximum absolute atomic E-state index is 13.8. The molecule has 2 amide bonds. The number of anilines is 2. The fourth-order valence-corrected chi connectivity index (χ4v) is 5.36. The van der Waals surface area contributed by atoms with Crippen LogP contribution in [0.1, 0.15) is 52.0 Å². The number of carbonyl (C=O) groups excluding carboxylic acids is 2. The van der Waals surface area contributed by atoms with Crippen molar-refractivity contribution in [3.8, 4) is 5.75 Å². The van der Waals surface area contributed by atoms with Crippen molar-refractivity contribution >= 4 is 39.0 Å². The van der Waals surface area contributed by atoms with E-state index in [2.05, 4.69) is 27.5 Å². The molecule has 4 aromatic rings. The van der Waals surface area contributed by atoms with E-state index in [9.17, 15) is 18.0 Å². The number of sulfonamides is 1. The Morgan fingerprint density at radius 3 is 2.40 bits per heavy atom. The minimum Gasteiger partial charge on any atom is -0.495 e. The average Bonchev–Trinajstić information content (AvgIpc) is 3.42. The summed E-state index contributed by atoms with van der Waals surface area (Å²) in [5.41, 5.74) is 2.16. The third-order valence-corrected chi connectivity index (χ3v) is 8.30. The van der Waals surface area contributed by atoms with E-state index in [-0.39, 0.29) is 34.3 Å². The van der Waals surface area contributed by atoms with Gasteiger partial charge in [-0.05, 0) is 43.4 Å². The number of nitrogens with zero attached hydrogens (tertiary/aromatic N) is 4. The number of methoxy groups -OCH3 is 1. The zero-order chi connectivity index (χ0) is 28.3. The first-order valence-corrected chi connectivity index (χ1v) is 14.6. The molecule has 5 rings (SSSR count). The number of para-hydroxylation sites is 2. The summed E-state index contributed by atoms with van der Waals surface area (Å²) < 4.78 is 32.8. The average molecular weight is 563 g/mol. The monoisotopic (exact) mass is 562 g/mol. The van der Waals surface area contributed by atoms with Gasteiger partial charge in [-0.25, -0.2) is 18.1 Å². The molecule has 1 fully saturated rings. The van der Waals surface area contributed by atoms with E-state index in [0.29, 0.717) is 30.4 Å². The molecule has 0 spiro atoms. The predicted molar refractivity (Wildman–Crippen MR) is 151 cm³/mol. The SMILES string of the molecule is CCS(=O)(=O)NC(=O)c1cnn2c(Nc3ccccc3OC)c(C(=O)N3CCC(c4ccccc4)CC3)cnc12. The van der Waals surface area contributed by atoms with Gasteiger partial charge >= 0.3 is 0 Å². The molecule has 11 nitrogen and oxygen atoms in total. The third kappa shape index (κ3) is 5.48. The van der Waals surface area contributed by atoms with Crippen LogP contribution in [0, 0.1) is 0 Å². The highest BCUT2D eigenvalue weighted by atomic mass is 32.2. The lowest BCUT2D eigenvalue weighted by molar-refractivity contribution is 0.0713. The fourth-order valence-electron chi connectivity index (χ4n) is 4.82. The van der Waals surface area contributed by atoms with Crippen molar-refractivity contribution in [2.45, 2.75) is 25.7 Å². The van der Waals surface area contributed by atoms with Crippen molar-refractivity contribution in [2.75, 3.05) is 31.3 Å². The molecule has 208 valence electrons. The molecule has 0 atom stereocenters. The number of aromatic nitrogens is 3. The van der Waals surface area contributed by atoms with Crippen molar-refractivity contribution < 1.29 is 22.7 Å². The zero-order valence-corrected chi connectivity index (χ0v) is 23.0. The van der Waals surface area contributed by atoms with Crippen LogP contribution in [0.25, 0.3) is 5.65 Å². The maximum atomic E-state index is 13.8. The Bertz CT molecular complexity index is 1650. The first-order valence-electron chi connectivity index (χ1n) is 13.0. The third-order valence-electron chi connectivity index (χ3n) is 7.04. The van der Waals surface area contributed by atoms with Crippen LogP contribution >= 0.6 is 0 Å². The topological polar surface area (TPSA) is 135 Å². The van der Waals surface area contributed by atoms with E-state index in [1.807, 2.05) is 35.1 Å². The number of carbonyl (C=O) groups is 2. The Kier molecular flexibility index (Phi) is 7.69. The maximum Gasteiger partial charge on any atom is 0.270 e. The van der Waals surface area contributed by atoms with Gasteiger partial charge in [0.25, 0.3) is 11.8 Å². The van der Waals surface area contributed by atoms with Gasteiger partial charge in [0.05, 0.1) is 24.7 Å². The smallest absolute Gasteiger partial charge is 0.270 e. The molecule has 1 saturated heterocycles. The number of likely N-dealkylation sites (tertiary alicyclic amines) is 1. The molecule has 12 heteroatoms. The van der Waals surface area contributed by atoms with Gasteiger partial charge in [0, 0.05) is 19.3 Å². The summed E-state index contributed by atoms with van der Waals surface area (Å²) in [6.07, 6.45) is 4.29. The highest BCUT2D eigenvalue weighted by Crippen LogP contribution is 2.32. The fraction of sp³-hybridized carbons (Fsp3) is 0.286. The Balaban J connectivity index is 1.50. The van der Waals surface area contributed by atoms with Crippen molar-refractivity contribution in [1.82, 2.24) is 24.2 Å². The largest absolute Gasteiger partial charge is 0.495 e. The zero-order valence-electron chi connectivity index (χ0n) is 22.2. The van der Waals surface area contributed by atoms with Crippen LogP contribution in [0.15, 0.2) is 67.0 Å². The van der Waals surface area contributed by atoms with Crippen molar-refractivity contribution in [2.24, 2.45) is 0 Å². The summed E-state index contributed by atoms with van der Waals surface area (Å²) >= 11 is 0. The van der Waals surface area contributed by atoms with E-state index < -0.39 is 15.9 Å². The number of fused-ring (bicyclic) bond motifs is 1. The number of nitrogens with one attached hydrogen (secondary N) is 2. The molecule has 2 aromatic heterocycles. The van der Waals surface area contributed by atoms with Crippen LogP contribution in [0.3, 0.4) is 0 Å². The molecule has 0 saturated carbocycles. The Hall–Kier alpha value is -4.45. The highest BCUT2D eigenvalue weighted by Gasteiger charge is 2.29. The second-order valence-electron chi connectivity index (χ2n) is 9.45. The van der Waals surface area contributed by atoms with E-state index >= 15 is 0 Å². The predicted octanol–water partition coefficient (Wildman–Crippen LogP) is 3.58. The van der Waals surface area contributed by atoms with Gasteiger partial charge in [-0.2, -0.15) is 9.61 Å². The van der Waals surface area contributed by atoms with Gasteiger partial charge in [0.2, 0.25) is 10.0 Å². The second kappa shape index (κ2) is 11.3. The Morgan fingerprint density at radius 1 is 1.00 bits per heavy atom. The molecule has 3 heterocycles. The van der Waals surface area contributed by atoms with Crippen LogP contribution in [0.2, 0.25) is 0 Å². The first-order chi connectivity index (χ1) is 19.3. The standard InChI is InChI=1S/C28H30N6O5S/c1-3-40(37,38)32-27(35)21-18-30-34-25(21)29-17-22(26(34)31-23-11-7-8-12-24(23)39-2)28(36)33-15-13-20(14-16-33)19-9-5-4-6-10-19/h4-12,17-18,20,31H,3,13-16H2,1-2H3,(H,32,35). The molecule has 0 bridgehead atoms. The molecule has 1 aliphatic rings. The Labute approximate surface area is 232 Å². The van der Waals surface area contributed by atoms with E-state index in [1.165, 1.54) is 36.5 Å². The van der Waals surface area contributed by atoms with Gasteiger partial charge in [-0.3, -0.25) is 9.59 Å². The lowest BCUT2D eigenvalue weighted by Crippen LogP contribution is -2.38. The number of hydrogen-bond acceptors (Lipinski definition) is 8. The number of ether oxygens (including phenoxy) is 1. The number of piperidine rings is 1. The molecule has 0 aliphatic carbocycles. The molecule has 2 N–H and O–H groups in total. The number of hydrogen-bond donors (Lipinski definition) is 2. The summed E-state index contributed by atoms with van der Waals surface area (Å²) in [6.45, 7) is 2.58. The van der Waals surface area contributed by atoms with Crippen LogP contribution in [-0.4, -0.2) is 65.7 Å². The molecule has 1 aliphatic heterocycles. The van der Waals surface area contributed by atoms with Crippen molar-refractivity contribution in [1.29, 1.82) is 0 Å². The van der Waals surface area contributed by atoms with E-state index in [1.54, 1.807) is 17.0 Å². The van der Waals surface area contributed by atoms with E-state index in [4.69, 9.17) is 4.74 Å². The molecule has 2 aromatic carbocycles. The second-order valence-corrected chi connectivity index (χ2v) is 11.5. The number of benzene rings is 2. The van der Waals surface area contributed by atoms with E-state index in [0.717, 1.165) is 12.8 Å². The minimum absolute atomic E-state index is 0.0391. The van der Waals surface area contributed by atoms with Crippen LogP contribution in [0.4, 0.5) is 11.5 Å². The lowest BCUT2D eigenvalue weighted by atomic mass is 9.89. The highest BCUT2D eigenvalue weighted by molar-refractivity contribution is 7.90. The van der Waals surface area contributed by atoms with Crippen LogP contribution in [-0.2, 0) is 10.0 Å². The van der Waals surface area contributed by atoms with Gasteiger partial charge < -0.3 is 15.0 Å².